The van der Waals surface area contributed by atoms with Gasteiger partial charge in [0, 0.05) is 42.5 Å². The number of benzene rings is 1. The van der Waals surface area contributed by atoms with Crippen LogP contribution < -0.4 is 10.2 Å². The molecule has 2 aromatic rings. The number of halogens is 4. The molecule has 1 aliphatic carbocycles. The van der Waals surface area contributed by atoms with Crippen molar-refractivity contribution in [2.75, 3.05) is 4.90 Å². The highest BCUT2D eigenvalue weighted by Gasteiger charge is 2.49. The number of nitrogens with one attached hydrogen (secondary N) is 1. The van der Waals surface area contributed by atoms with Crippen molar-refractivity contribution < 1.29 is 22.8 Å². The summed E-state index contributed by atoms with van der Waals surface area (Å²) in [6, 6.07) is 5.68. The number of aromatic nitrogens is 2. The number of hydrogen-bond acceptors (Lipinski definition) is 4. The van der Waals surface area contributed by atoms with E-state index < -0.39 is 41.4 Å². The molecule has 6 nitrogen and oxygen atoms in total. The van der Waals surface area contributed by atoms with Gasteiger partial charge in [0.1, 0.15) is 6.33 Å². The third-order valence-corrected chi connectivity index (χ3v) is 5.64. The van der Waals surface area contributed by atoms with Crippen LogP contribution in [-0.4, -0.2) is 39.4 Å². The summed E-state index contributed by atoms with van der Waals surface area (Å²) in [6.07, 6.45) is 3.08. The van der Waals surface area contributed by atoms with Gasteiger partial charge in [0.2, 0.25) is 5.92 Å². The Morgan fingerprint density at radius 3 is 2.39 bits per heavy atom. The molecule has 166 valence electrons. The molecule has 0 radical (unpaired) electrons. The molecule has 3 rings (SSSR count). The van der Waals surface area contributed by atoms with Gasteiger partial charge in [-0.25, -0.2) is 23.1 Å². The van der Waals surface area contributed by atoms with Crippen LogP contribution in [0.5, 0.6) is 0 Å². The molecule has 1 N–H and O–H groups in total. The Kier molecular flexibility index (Phi) is 6.54. The fraction of sp³-hybridized carbons (Fsp3) is 0.429. The van der Waals surface area contributed by atoms with E-state index in [-0.39, 0.29) is 24.1 Å². The molecule has 31 heavy (non-hydrogen) atoms. The number of anilines is 1. The Morgan fingerprint density at radius 2 is 1.87 bits per heavy atom. The zero-order valence-corrected chi connectivity index (χ0v) is 17.7. The smallest absolute Gasteiger partial charge is 0.278 e. The molecule has 2 amide bonds. The molecule has 0 unspecified atom stereocenters. The van der Waals surface area contributed by atoms with Crippen molar-refractivity contribution in [2.24, 2.45) is 0 Å². The highest BCUT2D eigenvalue weighted by atomic mass is 35.5. The van der Waals surface area contributed by atoms with Crippen LogP contribution in [0.3, 0.4) is 0 Å². The molecule has 3 atom stereocenters. The Bertz CT molecular complexity index is 943. The van der Waals surface area contributed by atoms with Gasteiger partial charge in [0.25, 0.3) is 17.4 Å². The van der Waals surface area contributed by atoms with Crippen LogP contribution in [0.15, 0.2) is 43.0 Å². The first-order valence-electron chi connectivity index (χ1n) is 9.68. The first kappa shape index (κ1) is 23.0. The van der Waals surface area contributed by atoms with Gasteiger partial charge in [-0.15, -0.1) is 0 Å². The highest BCUT2D eigenvalue weighted by molar-refractivity contribution is 6.32. The second-order valence-corrected chi connectivity index (χ2v) is 8.16. The normalized spacial score (nSPS) is 20.5. The zero-order chi connectivity index (χ0) is 22.8. The number of hydrogen-bond donors (Lipinski definition) is 1. The molecule has 0 bridgehead atoms. The summed E-state index contributed by atoms with van der Waals surface area (Å²) in [4.78, 5) is 35.1. The number of amides is 2. The lowest BCUT2D eigenvalue weighted by Gasteiger charge is -2.40. The average Bonchev–Trinajstić information content (AvgIpc) is 3.08. The number of alkyl halides is 4. The summed E-state index contributed by atoms with van der Waals surface area (Å²) in [5.74, 6) is -4.82. The van der Waals surface area contributed by atoms with Crippen molar-refractivity contribution in [2.45, 2.75) is 56.2 Å². The summed E-state index contributed by atoms with van der Waals surface area (Å²) in [5, 5.41) is 2.60. The maximum atomic E-state index is 14.0. The van der Waals surface area contributed by atoms with Gasteiger partial charge in [-0.2, -0.15) is 0 Å². The van der Waals surface area contributed by atoms with Crippen LogP contribution >= 0.6 is 11.6 Å². The standard InChI is InChI=1S/C21H22ClF3N4O2/c1-13-3-5-16(6-4-13)29(18(30)17(22)23)20(2,14-10-26-12-27-11-14)19(31)28-15-7-8-21(24,25)9-15/h3-6,10-12,15,17H,7-9H2,1-2H3,(H,28,31)/t15-,17+,20+/m1/s1. The van der Waals surface area contributed by atoms with Crippen molar-refractivity contribution in [3.63, 3.8) is 0 Å². The van der Waals surface area contributed by atoms with Gasteiger partial charge in [0.05, 0.1) is 0 Å². The largest absolute Gasteiger partial charge is 0.351 e. The van der Waals surface area contributed by atoms with E-state index in [9.17, 15) is 22.8 Å². The number of carbonyl (C=O) groups excluding carboxylic acids is 2. The SMILES string of the molecule is Cc1ccc(N(C(=O)[C@H](F)Cl)[C@](C)(C(=O)N[C@@H]2CCC(F)(F)C2)c2cncnc2)cc1. The molecule has 1 fully saturated rings. The number of nitrogens with zero attached hydrogens (tertiary/aromatic N) is 3. The van der Waals surface area contributed by atoms with Crippen LogP contribution in [0.1, 0.15) is 37.3 Å². The second kappa shape index (κ2) is 8.82. The van der Waals surface area contributed by atoms with E-state index in [0.29, 0.717) is 0 Å². The molecule has 1 saturated carbocycles. The number of carbonyl (C=O) groups is 2. The molecule has 0 saturated heterocycles. The van der Waals surface area contributed by atoms with Crippen LogP contribution in [-0.2, 0) is 15.1 Å². The number of aryl methyl sites for hydroxylation is 1. The topological polar surface area (TPSA) is 75.2 Å². The summed E-state index contributed by atoms with van der Waals surface area (Å²) in [6.45, 7) is 3.21. The lowest BCUT2D eigenvalue weighted by molar-refractivity contribution is -0.131. The molecule has 10 heteroatoms. The minimum absolute atomic E-state index is 0.0832. The monoisotopic (exact) mass is 454 g/mol. The predicted molar refractivity (Wildman–Crippen MR) is 110 cm³/mol. The molecule has 0 aliphatic heterocycles. The molecular formula is C21H22ClF3N4O2. The Balaban J connectivity index is 2.09. The van der Waals surface area contributed by atoms with Crippen molar-refractivity contribution in [3.05, 3.63) is 54.1 Å². The molecule has 1 aliphatic rings. The number of rotatable bonds is 6. The van der Waals surface area contributed by atoms with E-state index >= 15 is 0 Å². The summed E-state index contributed by atoms with van der Waals surface area (Å²) in [7, 11) is 0. The minimum Gasteiger partial charge on any atom is -0.351 e. The highest BCUT2D eigenvalue weighted by Crippen LogP contribution is 2.38. The van der Waals surface area contributed by atoms with Crippen LogP contribution in [0.4, 0.5) is 18.9 Å². The van der Waals surface area contributed by atoms with Crippen LogP contribution in [0.25, 0.3) is 0 Å². The maximum Gasteiger partial charge on any atom is 0.278 e. The predicted octanol–water partition coefficient (Wildman–Crippen LogP) is 3.87. The minimum atomic E-state index is -2.88. The van der Waals surface area contributed by atoms with E-state index in [2.05, 4.69) is 15.3 Å². The molecule has 1 aromatic heterocycles. The lowest BCUT2D eigenvalue weighted by atomic mass is 9.89. The second-order valence-electron chi connectivity index (χ2n) is 7.78. The Hall–Kier alpha value is -2.68. The summed E-state index contributed by atoms with van der Waals surface area (Å²) in [5.41, 5.74) is -3.04. The van der Waals surface area contributed by atoms with Gasteiger partial charge in [-0.1, -0.05) is 29.3 Å². The van der Waals surface area contributed by atoms with Crippen molar-refractivity contribution in [1.29, 1.82) is 0 Å². The summed E-state index contributed by atoms with van der Waals surface area (Å²) < 4.78 is 41.4. The lowest BCUT2D eigenvalue weighted by Crippen LogP contribution is -2.59. The van der Waals surface area contributed by atoms with Gasteiger partial charge in [0.15, 0.2) is 5.54 Å². The molecule has 1 aromatic carbocycles. The van der Waals surface area contributed by atoms with Gasteiger partial charge in [-0.05, 0) is 32.4 Å². The molecular weight excluding hydrogens is 433 g/mol. The van der Waals surface area contributed by atoms with E-state index in [1.807, 2.05) is 6.92 Å². The van der Waals surface area contributed by atoms with Gasteiger partial charge < -0.3 is 5.32 Å². The van der Waals surface area contributed by atoms with Gasteiger partial charge in [-0.3, -0.25) is 14.5 Å². The quantitative estimate of drug-likeness (QED) is 0.672. The Labute approximate surface area is 182 Å². The fourth-order valence-corrected chi connectivity index (χ4v) is 3.81. The first-order valence-corrected chi connectivity index (χ1v) is 10.1. The van der Waals surface area contributed by atoms with E-state index in [1.165, 1.54) is 25.6 Å². The van der Waals surface area contributed by atoms with Crippen molar-refractivity contribution >= 4 is 29.1 Å². The third kappa shape index (κ3) is 4.81. The van der Waals surface area contributed by atoms with Gasteiger partial charge >= 0.3 is 0 Å². The molecule has 0 spiro atoms. The zero-order valence-electron chi connectivity index (χ0n) is 17.0. The third-order valence-electron chi connectivity index (χ3n) is 5.45. The fourth-order valence-electron chi connectivity index (χ4n) is 3.71. The van der Waals surface area contributed by atoms with Crippen molar-refractivity contribution in [1.82, 2.24) is 15.3 Å². The van der Waals surface area contributed by atoms with Crippen LogP contribution in [0.2, 0.25) is 0 Å². The van der Waals surface area contributed by atoms with Crippen LogP contribution in [0, 0.1) is 6.92 Å². The average molecular weight is 455 g/mol. The van der Waals surface area contributed by atoms with E-state index in [4.69, 9.17) is 11.6 Å². The van der Waals surface area contributed by atoms with Crippen molar-refractivity contribution in [3.8, 4) is 0 Å². The van der Waals surface area contributed by atoms with E-state index in [0.717, 1.165) is 10.5 Å². The first-order chi connectivity index (χ1) is 14.5. The summed E-state index contributed by atoms with van der Waals surface area (Å²) >= 11 is 5.49. The Morgan fingerprint density at radius 1 is 1.26 bits per heavy atom. The van der Waals surface area contributed by atoms with E-state index in [1.54, 1.807) is 24.3 Å². The molecule has 1 heterocycles. The maximum absolute atomic E-state index is 14.0.